The van der Waals surface area contributed by atoms with Gasteiger partial charge < -0.3 is 10.2 Å². The number of aliphatic carboxylic acids is 1. The van der Waals surface area contributed by atoms with Crippen LogP contribution < -0.4 is 0 Å². The third-order valence-electron chi connectivity index (χ3n) is 6.21. The second-order valence-corrected chi connectivity index (χ2v) is 7.05. The molecule has 0 aliphatic heterocycles. The average Bonchev–Trinajstić information content (AvgIpc) is 2.86. The van der Waals surface area contributed by atoms with Crippen LogP contribution in [0.4, 0.5) is 0 Å². The third-order valence-corrected chi connectivity index (χ3v) is 6.21. The quantitative estimate of drug-likeness (QED) is 0.763. The molecule has 5 atom stereocenters. The maximum Gasteiger partial charge on any atom is 0.309 e. The van der Waals surface area contributed by atoms with Crippen LogP contribution in [0.2, 0.25) is 0 Å². The van der Waals surface area contributed by atoms with Gasteiger partial charge in [0.2, 0.25) is 5.78 Å². The van der Waals surface area contributed by atoms with E-state index in [4.69, 9.17) is 0 Å². The normalized spacial score (nSPS) is 48.6. The van der Waals surface area contributed by atoms with E-state index in [9.17, 15) is 19.8 Å². The van der Waals surface area contributed by atoms with Crippen molar-refractivity contribution in [1.82, 2.24) is 0 Å². The highest BCUT2D eigenvalue weighted by atomic mass is 16.4. The molecule has 0 heterocycles. The number of fused-ring (bicyclic) bond motifs is 3. The summed E-state index contributed by atoms with van der Waals surface area (Å²) in [6.45, 7) is 5.67. The van der Waals surface area contributed by atoms with Gasteiger partial charge in [-0.2, -0.15) is 0 Å². The van der Waals surface area contributed by atoms with Crippen LogP contribution in [0.3, 0.4) is 0 Å². The van der Waals surface area contributed by atoms with Crippen LogP contribution in [-0.2, 0) is 9.59 Å². The number of hydrogen-bond acceptors (Lipinski definition) is 3. The zero-order valence-electron chi connectivity index (χ0n) is 11.6. The van der Waals surface area contributed by atoms with E-state index in [1.54, 1.807) is 0 Å². The van der Waals surface area contributed by atoms with E-state index < -0.39 is 11.4 Å². The molecule has 0 spiro atoms. The highest BCUT2D eigenvalue weighted by Crippen LogP contribution is 2.67. The van der Waals surface area contributed by atoms with Crippen LogP contribution in [-0.4, -0.2) is 22.0 Å². The van der Waals surface area contributed by atoms with Crippen LogP contribution in [0.1, 0.15) is 40.0 Å². The minimum Gasteiger partial charge on any atom is -0.504 e. The zero-order chi connectivity index (χ0) is 14.2. The number of allylic oxidation sites excluding steroid dienone is 2. The molecule has 0 radical (unpaired) electrons. The molecule has 4 heteroatoms. The van der Waals surface area contributed by atoms with E-state index in [0.717, 1.165) is 12.0 Å². The first-order chi connectivity index (χ1) is 8.71. The lowest BCUT2D eigenvalue weighted by atomic mass is 9.69. The Morgan fingerprint density at radius 2 is 1.95 bits per heavy atom. The second-order valence-electron chi connectivity index (χ2n) is 7.05. The summed E-state index contributed by atoms with van der Waals surface area (Å²) in [6, 6.07) is 0. The van der Waals surface area contributed by atoms with Crippen LogP contribution in [0.5, 0.6) is 0 Å². The molecular formula is C15H20O4. The Bertz CT molecular complexity index is 520. The number of aliphatic hydroxyl groups is 1. The number of carbonyl (C=O) groups excluding carboxylic acids is 1. The molecule has 19 heavy (non-hydrogen) atoms. The molecule has 2 saturated carbocycles. The van der Waals surface area contributed by atoms with Gasteiger partial charge in [-0.3, -0.25) is 9.59 Å². The number of carboxylic acid groups (broad SMARTS) is 1. The van der Waals surface area contributed by atoms with E-state index in [1.807, 2.05) is 20.8 Å². The molecule has 0 bridgehead atoms. The fourth-order valence-electron chi connectivity index (χ4n) is 4.91. The summed E-state index contributed by atoms with van der Waals surface area (Å²) in [6.07, 6.45) is 1.99. The van der Waals surface area contributed by atoms with Gasteiger partial charge in [0.1, 0.15) is 0 Å². The van der Waals surface area contributed by atoms with Crippen molar-refractivity contribution in [1.29, 1.82) is 0 Å². The fourth-order valence-corrected chi connectivity index (χ4v) is 4.91. The first-order valence-electron chi connectivity index (χ1n) is 6.89. The van der Waals surface area contributed by atoms with Crippen molar-refractivity contribution in [2.45, 2.75) is 40.0 Å². The minimum absolute atomic E-state index is 0.0742. The summed E-state index contributed by atoms with van der Waals surface area (Å²) in [5.41, 5.74) is -0.242. The van der Waals surface area contributed by atoms with Crippen LogP contribution >= 0.6 is 0 Å². The van der Waals surface area contributed by atoms with Crippen molar-refractivity contribution in [3.05, 3.63) is 11.3 Å². The minimum atomic E-state index is -0.739. The Kier molecular flexibility index (Phi) is 2.28. The summed E-state index contributed by atoms with van der Waals surface area (Å²) >= 11 is 0. The van der Waals surface area contributed by atoms with Gasteiger partial charge >= 0.3 is 5.97 Å². The van der Waals surface area contributed by atoms with E-state index >= 15 is 0 Å². The molecule has 0 aromatic rings. The number of carbonyl (C=O) groups is 2. The summed E-state index contributed by atoms with van der Waals surface area (Å²) in [7, 11) is 0. The fraction of sp³-hybridized carbons (Fsp3) is 0.733. The van der Waals surface area contributed by atoms with Gasteiger partial charge in [0.25, 0.3) is 0 Å². The maximum atomic E-state index is 12.1. The Hall–Kier alpha value is -1.32. The Morgan fingerprint density at radius 3 is 2.53 bits per heavy atom. The van der Waals surface area contributed by atoms with E-state index in [2.05, 4.69) is 0 Å². The number of Topliss-reactive ketones (excluding diaryl/α,β-unsaturated/α-hetero) is 1. The lowest BCUT2D eigenvalue weighted by Gasteiger charge is -2.33. The number of hydrogen-bond donors (Lipinski definition) is 2. The molecule has 0 amide bonds. The predicted octanol–water partition coefficient (Wildman–Crippen LogP) is 2.54. The molecule has 0 saturated heterocycles. The molecule has 2 N–H and O–H groups in total. The van der Waals surface area contributed by atoms with Gasteiger partial charge in [0.05, 0.1) is 5.41 Å². The van der Waals surface area contributed by atoms with E-state index in [-0.39, 0.29) is 28.8 Å². The smallest absolute Gasteiger partial charge is 0.309 e. The lowest BCUT2D eigenvalue weighted by Crippen LogP contribution is -2.32. The highest BCUT2D eigenvalue weighted by molar-refractivity contribution is 6.00. The van der Waals surface area contributed by atoms with E-state index in [1.165, 1.54) is 0 Å². The Labute approximate surface area is 112 Å². The van der Waals surface area contributed by atoms with Gasteiger partial charge in [-0.1, -0.05) is 6.92 Å². The van der Waals surface area contributed by atoms with Gasteiger partial charge in [-0.05, 0) is 50.5 Å². The summed E-state index contributed by atoms with van der Waals surface area (Å²) in [5, 5.41) is 19.3. The molecule has 4 nitrogen and oxygen atoms in total. The molecule has 3 aliphatic rings. The number of carboxylic acids is 1. The largest absolute Gasteiger partial charge is 0.504 e. The number of aliphatic hydroxyl groups excluding tert-OH is 1. The molecule has 5 unspecified atom stereocenters. The predicted molar refractivity (Wildman–Crippen MR) is 68.5 cm³/mol. The Balaban J connectivity index is 2.01. The summed E-state index contributed by atoms with van der Waals surface area (Å²) in [4.78, 5) is 23.5. The van der Waals surface area contributed by atoms with Gasteiger partial charge in [0.15, 0.2) is 5.76 Å². The molecule has 2 fully saturated rings. The van der Waals surface area contributed by atoms with Crippen molar-refractivity contribution < 1.29 is 19.8 Å². The summed E-state index contributed by atoms with van der Waals surface area (Å²) < 4.78 is 0. The van der Waals surface area contributed by atoms with Crippen molar-refractivity contribution in [3.63, 3.8) is 0 Å². The first-order valence-corrected chi connectivity index (χ1v) is 6.89. The standard InChI is InChI=1S/C15H20O4/c1-7-11(16)12(17)9-4-8-5-14(2,13(18)19)6-10(8)15(7,9)3/h8-10,16H,4-6H2,1-3H3,(H,18,19). The molecule has 3 rings (SSSR count). The van der Waals surface area contributed by atoms with Gasteiger partial charge in [-0.25, -0.2) is 0 Å². The third kappa shape index (κ3) is 1.30. The lowest BCUT2D eigenvalue weighted by molar-refractivity contribution is -0.148. The summed E-state index contributed by atoms with van der Waals surface area (Å²) in [5.74, 6) is -0.588. The average molecular weight is 264 g/mol. The van der Waals surface area contributed by atoms with Gasteiger partial charge in [-0.15, -0.1) is 0 Å². The van der Waals surface area contributed by atoms with Crippen LogP contribution in [0.15, 0.2) is 11.3 Å². The topological polar surface area (TPSA) is 74.6 Å². The monoisotopic (exact) mass is 264 g/mol. The zero-order valence-corrected chi connectivity index (χ0v) is 11.6. The molecule has 0 aromatic heterocycles. The van der Waals surface area contributed by atoms with Crippen molar-refractivity contribution in [2.24, 2.45) is 28.6 Å². The van der Waals surface area contributed by atoms with Crippen molar-refractivity contribution in [3.8, 4) is 0 Å². The highest BCUT2D eigenvalue weighted by Gasteiger charge is 2.65. The van der Waals surface area contributed by atoms with Gasteiger partial charge in [0, 0.05) is 11.3 Å². The first kappa shape index (κ1) is 12.7. The molecule has 104 valence electrons. The molecular weight excluding hydrogens is 244 g/mol. The van der Waals surface area contributed by atoms with E-state index in [0.29, 0.717) is 18.8 Å². The molecule has 0 aromatic carbocycles. The number of ketones is 1. The molecule has 3 aliphatic carbocycles. The Morgan fingerprint density at radius 1 is 1.32 bits per heavy atom. The van der Waals surface area contributed by atoms with Crippen LogP contribution in [0.25, 0.3) is 0 Å². The van der Waals surface area contributed by atoms with Crippen molar-refractivity contribution >= 4 is 11.8 Å². The van der Waals surface area contributed by atoms with Crippen molar-refractivity contribution in [2.75, 3.05) is 0 Å². The maximum absolute atomic E-state index is 12.1. The number of rotatable bonds is 1. The van der Waals surface area contributed by atoms with Crippen LogP contribution in [0, 0.1) is 28.6 Å². The second kappa shape index (κ2) is 3.41. The SMILES string of the molecule is CC1=C(O)C(=O)C2CC3CC(C)(C(=O)O)CC3C12C.